The van der Waals surface area contributed by atoms with E-state index in [0.717, 1.165) is 50.3 Å². The number of likely N-dealkylation sites (N-methyl/N-ethyl adjacent to an activating group) is 1. The number of aromatic nitrogens is 2. The Kier molecular flexibility index (Phi) is 6.72. The van der Waals surface area contributed by atoms with E-state index in [0.29, 0.717) is 31.2 Å². The first-order chi connectivity index (χ1) is 13.4. The van der Waals surface area contributed by atoms with E-state index < -0.39 is 5.97 Å². The smallest absolute Gasteiger partial charge is 0.303 e. The third-order valence-corrected chi connectivity index (χ3v) is 6.38. The van der Waals surface area contributed by atoms with Gasteiger partial charge in [0.2, 0.25) is 0 Å². The van der Waals surface area contributed by atoms with Crippen LogP contribution in [0.1, 0.15) is 47.9 Å². The van der Waals surface area contributed by atoms with Gasteiger partial charge in [0.15, 0.2) is 5.69 Å². The number of carbonyl (C=O) groups is 2. The zero-order valence-electron chi connectivity index (χ0n) is 17.3. The molecule has 2 saturated heterocycles. The average Bonchev–Trinajstić information content (AvgIpc) is 3.06. The van der Waals surface area contributed by atoms with Gasteiger partial charge < -0.3 is 14.9 Å². The summed E-state index contributed by atoms with van der Waals surface area (Å²) < 4.78 is 0. The lowest BCUT2D eigenvalue weighted by molar-refractivity contribution is -0.137. The number of aliphatic carboxylic acids is 1. The molecule has 0 aromatic carbocycles. The maximum absolute atomic E-state index is 13.1. The number of likely N-dealkylation sites (tertiary alicyclic amines) is 1. The molecule has 156 valence electrons. The van der Waals surface area contributed by atoms with Crippen LogP contribution in [-0.2, 0) is 11.2 Å². The second-order valence-corrected chi connectivity index (χ2v) is 8.17. The Hall–Kier alpha value is -1.93. The van der Waals surface area contributed by atoms with Crippen LogP contribution >= 0.6 is 0 Å². The molecule has 0 saturated carbocycles. The summed E-state index contributed by atoms with van der Waals surface area (Å²) in [6.45, 7) is 9.39. The Morgan fingerprint density at radius 3 is 2.54 bits per heavy atom. The van der Waals surface area contributed by atoms with Crippen molar-refractivity contribution in [1.29, 1.82) is 0 Å². The number of aromatic amines is 1. The van der Waals surface area contributed by atoms with Gasteiger partial charge in [0, 0.05) is 63.0 Å². The van der Waals surface area contributed by atoms with Gasteiger partial charge in [0.25, 0.3) is 5.91 Å². The van der Waals surface area contributed by atoms with Gasteiger partial charge in [-0.05, 0) is 39.2 Å². The Morgan fingerprint density at radius 1 is 1.21 bits per heavy atom. The standard InChI is InChI=1S/C20H33N5O3/c1-4-16-14(2)19(22-21-16)20(28)25-8-7-17(15(13-25)5-6-18(26)27)24-11-9-23(3)10-12-24/h15,17H,4-13H2,1-3H3,(H,21,22)(H,26,27)/t15-,17+/m0/s1. The van der Waals surface area contributed by atoms with Crippen molar-refractivity contribution in [2.75, 3.05) is 46.3 Å². The molecule has 8 heteroatoms. The number of piperazine rings is 1. The van der Waals surface area contributed by atoms with Crippen molar-refractivity contribution in [3.05, 3.63) is 17.0 Å². The summed E-state index contributed by atoms with van der Waals surface area (Å²) in [5, 5.41) is 16.4. The van der Waals surface area contributed by atoms with Crippen LogP contribution in [0.3, 0.4) is 0 Å². The first-order valence-electron chi connectivity index (χ1n) is 10.4. The van der Waals surface area contributed by atoms with E-state index in [1.54, 1.807) is 0 Å². The highest BCUT2D eigenvalue weighted by molar-refractivity contribution is 5.94. The summed E-state index contributed by atoms with van der Waals surface area (Å²) >= 11 is 0. The minimum absolute atomic E-state index is 0.0365. The second kappa shape index (κ2) is 9.05. The van der Waals surface area contributed by atoms with Gasteiger partial charge in [-0.3, -0.25) is 19.6 Å². The van der Waals surface area contributed by atoms with Crippen molar-refractivity contribution in [2.24, 2.45) is 5.92 Å². The summed E-state index contributed by atoms with van der Waals surface area (Å²) in [5.74, 6) is -0.621. The number of carboxylic acid groups (broad SMARTS) is 1. The number of H-pyrrole nitrogens is 1. The van der Waals surface area contributed by atoms with Crippen LogP contribution in [0.4, 0.5) is 0 Å². The summed E-state index contributed by atoms with van der Waals surface area (Å²) in [6.07, 6.45) is 2.47. The summed E-state index contributed by atoms with van der Waals surface area (Å²) in [6, 6.07) is 0.351. The molecule has 2 aliphatic heterocycles. The fraction of sp³-hybridized carbons (Fsp3) is 0.750. The maximum atomic E-state index is 13.1. The average molecular weight is 392 g/mol. The van der Waals surface area contributed by atoms with E-state index >= 15 is 0 Å². The molecule has 1 amide bonds. The van der Waals surface area contributed by atoms with Gasteiger partial charge in [-0.1, -0.05) is 6.92 Å². The number of hydrogen-bond acceptors (Lipinski definition) is 5. The van der Waals surface area contributed by atoms with Crippen LogP contribution < -0.4 is 0 Å². The number of amides is 1. The highest BCUT2D eigenvalue weighted by Crippen LogP contribution is 2.28. The van der Waals surface area contributed by atoms with Crippen molar-refractivity contribution < 1.29 is 14.7 Å². The van der Waals surface area contributed by atoms with Crippen molar-refractivity contribution in [3.63, 3.8) is 0 Å². The van der Waals surface area contributed by atoms with Gasteiger partial charge in [-0.25, -0.2) is 0 Å². The third kappa shape index (κ3) is 4.55. The first-order valence-corrected chi connectivity index (χ1v) is 10.4. The largest absolute Gasteiger partial charge is 0.481 e. The Labute approximate surface area is 166 Å². The Morgan fingerprint density at radius 2 is 1.93 bits per heavy atom. The topological polar surface area (TPSA) is 92.8 Å². The van der Waals surface area contributed by atoms with E-state index in [1.807, 2.05) is 18.7 Å². The summed E-state index contributed by atoms with van der Waals surface area (Å²) in [4.78, 5) is 30.9. The molecule has 0 spiro atoms. The molecule has 1 aromatic heterocycles. The number of carboxylic acids is 1. The zero-order chi connectivity index (χ0) is 20.3. The summed E-state index contributed by atoms with van der Waals surface area (Å²) in [5.41, 5.74) is 2.43. The van der Waals surface area contributed by atoms with Crippen LogP contribution in [0.25, 0.3) is 0 Å². The lowest BCUT2D eigenvalue weighted by atomic mass is 9.86. The fourth-order valence-corrected chi connectivity index (χ4v) is 4.57. The van der Waals surface area contributed by atoms with E-state index in [1.165, 1.54) is 0 Å². The number of piperidine rings is 1. The number of carbonyl (C=O) groups excluding carboxylic acids is 1. The lowest BCUT2D eigenvalue weighted by Crippen LogP contribution is -2.57. The van der Waals surface area contributed by atoms with Crippen LogP contribution in [-0.4, -0.2) is 94.2 Å². The molecule has 2 fully saturated rings. The number of hydrogen-bond donors (Lipinski definition) is 2. The minimum Gasteiger partial charge on any atom is -0.481 e. The SMILES string of the molecule is CCc1[nH]nc(C(=O)N2CC[C@@H](N3CCN(C)CC3)[C@@H](CCC(=O)O)C2)c1C. The molecule has 0 aliphatic carbocycles. The molecular weight excluding hydrogens is 358 g/mol. The number of nitrogens with one attached hydrogen (secondary N) is 1. The predicted molar refractivity (Wildman–Crippen MR) is 106 cm³/mol. The van der Waals surface area contributed by atoms with Gasteiger partial charge in [0.1, 0.15) is 0 Å². The molecule has 2 N–H and O–H groups in total. The second-order valence-electron chi connectivity index (χ2n) is 8.17. The predicted octanol–water partition coefficient (Wildman–Crippen LogP) is 1.22. The quantitative estimate of drug-likeness (QED) is 0.758. The molecule has 2 atom stereocenters. The van der Waals surface area contributed by atoms with Crippen LogP contribution in [0, 0.1) is 12.8 Å². The number of rotatable bonds is 6. The normalized spacial score (nSPS) is 24.5. The highest BCUT2D eigenvalue weighted by atomic mass is 16.4. The van der Waals surface area contributed by atoms with E-state index in [4.69, 9.17) is 0 Å². The molecule has 0 bridgehead atoms. The monoisotopic (exact) mass is 391 g/mol. The number of aryl methyl sites for hydroxylation is 1. The lowest BCUT2D eigenvalue weighted by Gasteiger charge is -2.46. The van der Waals surface area contributed by atoms with Crippen LogP contribution in [0.5, 0.6) is 0 Å². The molecule has 2 aliphatic rings. The molecule has 1 aromatic rings. The van der Waals surface area contributed by atoms with Crippen LogP contribution in [0.15, 0.2) is 0 Å². The molecular formula is C20H33N5O3. The van der Waals surface area contributed by atoms with Crippen molar-refractivity contribution in [3.8, 4) is 0 Å². The van der Waals surface area contributed by atoms with Crippen molar-refractivity contribution in [2.45, 2.75) is 45.6 Å². The minimum atomic E-state index is -0.767. The molecule has 3 heterocycles. The molecule has 0 unspecified atom stereocenters. The number of nitrogens with zero attached hydrogens (tertiary/aromatic N) is 4. The maximum Gasteiger partial charge on any atom is 0.303 e. The van der Waals surface area contributed by atoms with Gasteiger partial charge in [-0.2, -0.15) is 5.10 Å². The Balaban J connectivity index is 1.71. The zero-order valence-corrected chi connectivity index (χ0v) is 17.3. The van der Waals surface area contributed by atoms with Crippen LogP contribution in [0.2, 0.25) is 0 Å². The Bertz CT molecular complexity index is 696. The summed E-state index contributed by atoms with van der Waals surface area (Å²) in [7, 11) is 2.14. The van der Waals surface area contributed by atoms with Crippen molar-refractivity contribution in [1.82, 2.24) is 24.9 Å². The molecule has 28 heavy (non-hydrogen) atoms. The van der Waals surface area contributed by atoms with Crippen molar-refractivity contribution >= 4 is 11.9 Å². The van der Waals surface area contributed by atoms with Gasteiger partial charge in [-0.15, -0.1) is 0 Å². The first kappa shape index (κ1) is 20.8. The fourth-order valence-electron chi connectivity index (χ4n) is 4.57. The van der Waals surface area contributed by atoms with E-state index in [9.17, 15) is 14.7 Å². The third-order valence-electron chi connectivity index (χ3n) is 6.38. The van der Waals surface area contributed by atoms with Gasteiger partial charge >= 0.3 is 5.97 Å². The van der Waals surface area contributed by atoms with E-state index in [-0.39, 0.29) is 18.2 Å². The highest BCUT2D eigenvalue weighted by Gasteiger charge is 2.37. The van der Waals surface area contributed by atoms with Gasteiger partial charge in [0.05, 0.1) is 0 Å². The van der Waals surface area contributed by atoms with E-state index in [2.05, 4.69) is 27.0 Å². The molecule has 8 nitrogen and oxygen atoms in total. The molecule has 3 rings (SSSR count). The molecule has 0 radical (unpaired) electrons.